The molecule has 0 aliphatic carbocycles. The van der Waals surface area contributed by atoms with Crippen molar-refractivity contribution in [1.82, 2.24) is 4.98 Å². The Morgan fingerprint density at radius 1 is 0.810 bits per heavy atom. The van der Waals surface area contributed by atoms with E-state index in [0.29, 0.717) is 24.7 Å². The molecule has 0 atom stereocenters. The average molecular weight is 280 g/mol. The summed E-state index contributed by atoms with van der Waals surface area (Å²) in [6, 6.07) is 17.1. The van der Waals surface area contributed by atoms with E-state index in [1.165, 1.54) is 0 Å². The molecule has 21 heavy (non-hydrogen) atoms. The summed E-state index contributed by atoms with van der Waals surface area (Å²) >= 11 is 0. The quantitative estimate of drug-likeness (QED) is 0.575. The first-order chi connectivity index (χ1) is 10.3. The molecule has 1 aromatic heterocycles. The number of rotatable bonds is 5. The van der Waals surface area contributed by atoms with E-state index in [-0.39, 0.29) is 0 Å². The summed E-state index contributed by atoms with van der Waals surface area (Å²) in [6.45, 7) is 0.882. The van der Waals surface area contributed by atoms with Crippen molar-refractivity contribution in [2.75, 3.05) is 18.9 Å². The Morgan fingerprint density at radius 2 is 1.57 bits per heavy atom. The fourth-order valence-corrected chi connectivity index (χ4v) is 2.12. The minimum absolute atomic E-state index is 0.435. The molecule has 4 heteroatoms. The van der Waals surface area contributed by atoms with Gasteiger partial charge in [-0.25, -0.2) is 0 Å². The molecular weight excluding hydrogens is 264 g/mol. The lowest BCUT2D eigenvalue weighted by atomic mass is 10.2. The van der Waals surface area contributed by atoms with Gasteiger partial charge in [-0.15, -0.1) is 0 Å². The second kappa shape index (κ2) is 6.13. The number of para-hydroxylation sites is 2. The Labute approximate surface area is 123 Å². The van der Waals surface area contributed by atoms with E-state index in [1.807, 2.05) is 54.6 Å². The minimum Gasteiger partial charge on any atom is -0.489 e. The highest BCUT2D eigenvalue weighted by Gasteiger charge is 2.03. The summed E-state index contributed by atoms with van der Waals surface area (Å²) < 4.78 is 11.4. The zero-order valence-corrected chi connectivity index (χ0v) is 11.5. The second-order valence-electron chi connectivity index (χ2n) is 4.56. The predicted octanol–water partition coefficient (Wildman–Crippen LogP) is 3.27. The van der Waals surface area contributed by atoms with Crippen LogP contribution in [0.3, 0.4) is 0 Å². The highest BCUT2D eigenvalue weighted by molar-refractivity contribution is 5.84. The summed E-state index contributed by atoms with van der Waals surface area (Å²) in [7, 11) is 0. The summed E-state index contributed by atoms with van der Waals surface area (Å²) in [5.41, 5.74) is 7.37. The molecule has 3 rings (SSSR count). The number of nitrogens with zero attached hydrogens (tertiary/aromatic N) is 1. The van der Waals surface area contributed by atoms with Crippen molar-refractivity contribution in [3.05, 3.63) is 60.8 Å². The maximum atomic E-state index is 5.81. The molecule has 0 amide bonds. The van der Waals surface area contributed by atoms with Crippen LogP contribution in [0.5, 0.6) is 11.5 Å². The predicted molar refractivity (Wildman–Crippen MR) is 83.6 cm³/mol. The van der Waals surface area contributed by atoms with Crippen LogP contribution in [0.1, 0.15) is 0 Å². The Balaban J connectivity index is 1.61. The van der Waals surface area contributed by atoms with Gasteiger partial charge in [-0.2, -0.15) is 0 Å². The lowest BCUT2D eigenvalue weighted by Crippen LogP contribution is -2.10. The molecule has 0 saturated carbocycles. The molecule has 3 aromatic rings. The van der Waals surface area contributed by atoms with Crippen LogP contribution in [0.2, 0.25) is 0 Å². The molecule has 2 N–H and O–H groups in total. The molecule has 0 aliphatic rings. The summed E-state index contributed by atoms with van der Waals surface area (Å²) in [5.74, 6) is 1.49. The molecule has 4 nitrogen and oxygen atoms in total. The van der Waals surface area contributed by atoms with E-state index in [0.717, 1.165) is 16.7 Å². The van der Waals surface area contributed by atoms with Gasteiger partial charge in [-0.05, 0) is 36.4 Å². The Hall–Kier alpha value is -2.75. The highest BCUT2D eigenvalue weighted by Crippen LogP contribution is 2.24. The Morgan fingerprint density at radius 3 is 2.43 bits per heavy atom. The number of hydrogen-bond acceptors (Lipinski definition) is 4. The van der Waals surface area contributed by atoms with Crippen LogP contribution >= 0.6 is 0 Å². The zero-order valence-electron chi connectivity index (χ0n) is 11.5. The third-order valence-electron chi connectivity index (χ3n) is 3.12. The smallest absolute Gasteiger partial charge is 0.142 e. The molecular formula is C17H16N2O2. The molecule has 0 unspecified atom stereocenters. The first-order valence-electron chi connectivity index (χ1n) is 6.78. The monoisotopic (exact) mass is 280 g/mol. The van der Waals surface area contributed by atoms with Crippen molar-refractivity contribution >= 4 is 16.6 Å². The Kier molecular flexibility index (Phi) is 3.87. The Bertz CT molecular complexity index is 738. The first-order valence-corrected chi connectivity index (χ1v) is 6.78. The molecule has 0 bridgehead atoms. The molecule has 1 heterocycles. The highest BCUT2D eigenvalue weighted by atomic mass is 16.5. The SMILES string of the molecule is Nc1ccccc1OCCOc1cccc2ncccc12. The van der Waals surface area contributed by atoms with Gasteiger partial charge in [0, 0.05) is 11.6 Å². The minimum atomic E-state index is 0.435. The van der Waals surface area contributed by atoms with Crippen LogP contribution in [-0.4, -0.2) is 18.2 Å². The van der Waals surface area contributed by atoms with Crippen LogP contribution in [0.4, 0.5) is 5.69 Å². The van der Waals surface area contributed by atoms with Crippen molar-refractivity contribution in [3.8, 4) is 11.5 Å². The van der Waals surface area contributed by atoms with Gasteiger partial charge in [-0.3, -0.25) is 4.98 Å². The van der Waals surface area contributed by atoms with Crippen LogP contribution in [-0.2, 0) is 0 Å². The standard InChI is InChI=1S/C17H16N2O2/c18-14-6-1-2-8-17(14)21-12-11-20-16-9-3-7-15-13(16)5-4-10-19-15/h1-10H,11-12,18H2. The molecule has 0 saturated heterocycles. The zero-order chi connectivity index (χ0) is 14.5. The molecule has 0 aliphatic heterocycles. The molecule has 0 radical (unpaired) electrons. The van der Waals surface area contributed by atoms with E-state index in [9.17, 15) is 0 Å². The summed E-state index contributed by atoms with van der Waals surface area (Å²) in [6.07, 6.45) is 1.77. The van der Waals surface area contributed by atoms with E-state index in [4.69, 9.17) is 15.2 Å². The average Bonchev–Trinajstić information content (AvgIpc) is 2.53. The van der Waals surface area contributed by atoms with Gasteiger partial charge >= 0.3 is 0 Å². The molecule has 0 fully saturated rings. The normalized spacial score (nSPS) is 10.5. The largest absolute Gasteiger partial charge is 0.489 e. The van der Waals surface area contributed by atoms with Crippen molar-refractivity contribution < 1.29 is 9.47 Å². The van der Waals surface area contributed by atoms with E-state index in [1.54, 1.807) is 6.20 Å². The third-order valence-corrected chi connectivity index (χ3v) is 3.12. The number of aromatic nitrogens is 1. The topological polar surface area (TPSA) is 57.4 Å². The maximum Gasteiger partial charge on any atom is 0.142 e. The number of fused-ring (bicyclic) bond motifs is 1. The number of ether oxygens (including phenoxy) is 2. The summed E-state index contributed by atoms with van der Waals surface area (Å²) in [5, 5.41) is 0.999. The fourth-order valence-electron chi connectivity index (χ4n) is 2.12. The van der Waals surface area contributed by atoms with Gasteiger partial charge < -0.3 is 15.2 Å². The van der Waals surface area contributed by atoms with Crippen LogP contribution in [0.15, 0.2) is 60.8 Å². The number of anilines is 1. The van der Waals surface area contributed by atoms with Crippen molar-refractivity contribution in [1.29, 1.82) is 0 Å². The molecule has 2 aromatic carbocycles. The second-order valence-corrected chi connectivity index (χ2v) is 4.56. The lowest BCUT2D eigenvalue weighted by molar-refractivity contribution is 0.219. The number of benzene rings is 2. The fraction of sp³-hybridized carbons (Fsp3) is 0.118. The maximum absolute atomic E-state index is 5.81. The summed E-state index contributed by atoms with van der Waals surface area (Å²) in [4.78, 5) is 4.30. The van der Waals surface area contributed by atoms with Crippen molar-refractivity contribution in [2.45, 2.75) is 0 Å². The van der Waals surface area contributed by atoms with Gasteiger partial charge in [0.15, 0.2) is 0 Å². The van der Waals surface area contributed by atoms with E-state index >= 15 is 0 Å². The number of hydrogen-bond donors (Lipinski definition) is 1. The number of pyridine rings is 1. The number of nitrogen functional groups attached to an aromatic ring is 1. The van der Waals surface area contributed by atoms with Gasteiger partial charge in [0.25, 0.3) is 0 Å². The van der Waals surface area contributed by atoms with Gasteiger partial charge in [-0.1, -0.05) is 18.2 Å². The third kappa shape index (κ3) is 3.05. The first kappa shape index (κ1) is 13.2. The van der Waals surface area contributed by atoms with Gasteiger partial charge in [0.1, 0.15) is 24.7 Å². The van der Waals surface area contributed by atoms with Crippen molar-refractivity contribution in [3.63, 3.8) is 0 Å². The van der Waals surface area contributed by atoms with Gasteiger partial charge in [0.2, 0.25) is 0 Å². The van der Waals surface area contributed by atoms with Crippen LogP contribution in [0, 0.1) is 0 Å². The van der Waals surface area contributed by atoms with Crippen molar-refractivity contribution in [2.24, 2.45) is 0 Å². The molecule has 106 valence electrons. The van der Waals surface area contributed by atoms with E-state index < -0.39 is 0 Å². The van der Waals surface area contributed by atoms with E-state index in [2.05, 4.69) is 4.98 Å². The molecule has 0 spiro atoms. The van der Waals surface area contributed by atoms with Gasteiger partial charge in [0.05, 0.1) is 11.2 Å². The lowest BCUT2D eigenvalue weighted by Gasteiger charge is -2.11. The van der Waals surface area contributed by atoms with Crippen LogP contribution < -0.4 is 15.2 Å². The van der Waals surface area contributed by atoms with Crippen LogP contribution in [0.25, 0.3) is 10.9 Å². The number of nitrogens with two attached hydrogens (primary N) is 1.